The van der Waals surface area contributed by atoms with E-state index in [2.05, 4.69) is 20.7 Å². The highest BCUT2D eigenvalue weighted by atomic mass is 16.1. The number of pyridine rings is 1. The molecule has 2 aromatic heterocycles. The first-order valence-electron chi connectivity index (χ1n) is 6.10. The van der Waals surface area contributed by atoms with Crippen molar-refractivity contribution < 1.29 is 4.79 Å². The summed E-state index contributed by atoms with van der Waals surface area (Å²) in [4.78, 5) is 15.9. The van der Waals surface area contributed by atoms with Crippen molar-refractivity contribution in [2.24, 2.45) is 0 Å². The van der Waals surface area contributed by atoms with E-state index in [4.69, 9.17) is 0 Å². The maximum Gasteiger partial charge on any atom is 0.252 e. The summed E-state index contributed by atoms with van der Waals surface area (Å²) in [6.45, 7) is 3.17. The van der Waals surface area contributed by atoms with Crippen LogP contribution in [-0.4, -0.2) is 34.3 Å². The number of anilines is 1. The summed E-state index contributed by atoms with van der Waals surface area (Å²) in [7, 11) is 1.79. The van der Waals surface area contributed by atoms with Crippen molar-refractivity contribution in [3.8, 4) is 0 Å². The zero-order valence-electron chi connectivity index (χ0n) is 11.1. The molecule has 0 fully saturated rings. The Kier molecular flexibility index (Phi) is 4.12. The largest absolute Gasteiger partial charge is 0.373 e. The first-order valence-corrected chi connectivity index (χ1v) is 6.10. The molecule has 2 rings (SSSR count). The second-order valence-electron chi connectivity index (χ2n) is 4.22. The van der Waals surface area contributed by atoms with E-state index in [0.717, 1.165) is 11.4 Å². The smallest absolute Gasteiger partial charge is 0.252 e. The summed E-state index contributed by atoms with van der Waals surface area (Å²) >= 11 is 0. The lowest BCUT2D eigenvalue weighted by Crippen LogP contribution is -2.27. The lowest BCUT2D eigenvalue weighted by molar-refractivity contribution is 0.0951. The molecule has 0 unspecified atom stereocenters. The van der Waals surface area contributed by atoms with Gasteiger partial charge in [-0.15, -0.1) is 0 Å². The van der Waals surface area contributed by atoms with E-state index in [1.807, 2.05) is 13.1 Å². The number of amides is 1. The minimum Gasteiger partial charge on any atom is -0.373 e. The second-order valence-corrected chi connectivity index (χ2v) is 4.22. The van der Waals surface area contributed by atoms with Crippen molar-refractivity contribution in [1.29, 1.82) is 0 Å². The SMILES string of the molecule is CNc1ccc(C(=O)NCCn2cc(C)cn2)cn1. The zero-order valence-corrected chi connectivity index (χ0v) is 11.1. The van der Waals surface area contributed by atoms with Crippen LogP contribution in [0.2, 0.25) is 0 Å². The molecule has 0 atom stereocenters. The van der Waals surface area contributed by atoms with Gasteiger partial charge in [0, 0.05) is 26.0 Å². The van der Waals surface area contributed by atoms with E-state index in [0.29, 0.717) is 18.7 Å². The molecule has 0 bridgehead atoms. The molecule has 0 saturated carbocycles. The van der Waals surface area contributed by atoms with Crippen molar-refractivity contribution in [3.05, 3.63) is 41.9 Å². The molecule has 6 heteroatoms. The lowest BCUT2D eigenvalue weighted by atomic mass is 10.2. The standard InChI is InChI=1S/C13H17N5O/c1-10-7-17-18(9-10)6-5-15-13(19)11-3-4-12(14-2)16-8-11/h3-4,7-9H,5-6H2,1-2H3,(H,14,16)(H,15,19). The van der Waals surface area contributed by atoms with Crippen LogP contribution >= 0.6 is 0 Å². The fraction of sp³-hybridized carbons (Fsp3) is 0.308. The first kappa shape index (κ1) is 13.1. The van der Waals surface area contributed by atoms with Crippen LogP contribution in [0.1, 0.15) is 15.9 Å². The minimum atomic E-state index is -0.126. The fourth-order valence-electron chi connectivity index (χ4n) is 1.65. The van der Waals surface area contributed by atoms with Gasteiger partial charge in [0.15, 0.2) is 0 Å². The fourth-order valence-corrected chi connectivity index (χ4v) is 1.65. The van der Waals surface area contributed by atoms with Crippen molar-refractivity contribution in [1.82, 2.24) is 20.1 Å². The van der Waals surface area contributed by atoms with Crippen LogP contribution < -0.4 is 10.6 Å². The molecule has 0 aliphatic rings. The Balaban J connectivity index is 1.83. The summed E-state index contributed by atoms with van der Waals surface area (Å²) in [5, 5.41) is 9.89. The Morgan fingerprint density at radius 3 is 2.79 bits per heavy atom. The van der Waals surface area contributed by atoms with Gasteiger partial charge in [0.05, 0.1) is 18.3 Å². The average molecular weight is 259 g/mol. The first-order chi connectivity index (χ1) is 9.19. The zero-order chi connectivity index (χ0) is 13.7. The van der Waals surface area contributed by atoms with Crippen LogP contribution in [0.3, 0.4) is 0 Å². The molecule has 6 nitrogen and oxygen atoms in total. The predicted octanol–water partition coefficient (Wildman–Crippen LogP) is 1.06. The maximum atomic E-state index is 11.8. The van der Waals surface area contributed by atoms with Gasteiger partial charge in [0.1, 0.15) is 5.82 Å². The van der Waals surface area contributed by atoms with Gasteiger partial charge in [-0.2, -0.15) is 5.10 Å². The molecule has 0 radical (unpaired) electrons. The van der Waals surface area contributed by atoms with Gasteiger partial charge < -0.3 is 10.6 Å². The number of carbonyl (C=O) groups excluding carboxylic acids is 1. The van der Waals surface area contributed by atoms with Crippen LogP contribution in [-0.2, 0) is 6.54 Å². The second kappa shape index (κ2) is 5.99. The number of carbonyl (C=O) groups is 1. The number of nitrogens with one attached hydrogen (secondary N) is 2. The maximum absolute atomic E-state index is 11.8. The van der Waals surface area contributed by atoms with Crippen LogP contribution in [0.15, 0.2) is 30.7 Å². The van der Waals surface area contributed by atoms with E-state index >= 15 is 0 Å². The number of hydrogen-bond acceptors (Lipinski definition) is 4. The number of rotatable bonds is 5. The molecule has 2 aromatic rings. The van der Waals surface area contributed by atoms with Crippen molar-refractivity contribution >= 4 is 11.7 Å². The van der Waals surface area contributed by atoms with Gasteiger partial charge in [-0.25, -0.2) is 4.98 Å². The molecule has 0 aliphatic heterocycles. The summed E-state index contributed by atoms with van der Waals surface area (Å²) in [5.74, 6) is 0.614. The van der Waals surface area contributed by atoms with Gasteiger partial charge in [-0.05, 0) is 24.6 Å². The number of aromatic nitrogens is 3. The van der Waals surface area contributed by atoms with Gasteiger partial charge in [-0.3, -0.25) is 9.48 Å². The highest BCUT2D eigenvalue weighted by Crippen LogP contribution is 2.03. The third-order valence-electron chi connectivity index (χ3n) is 2.67. The third-order valence-corrected chi connectivity index (χ3v) is 2.67. The molecule has 0 spiro atoms. The molecule has 19 heavy (non-hydrogen) atoms. The quantitative estimate of drug-likeness (QED) is 0.842. The molecule has 0 aromatic carbocycles. The Hall–Kier alpha value is -2.37. The van der Waals surface area contributed by atoms with Gasteiger partial charge in [-0.1, -0.05) is 0 Å². The summed E-state index contributed by atoms with van der Waals surface area (Å²) in [5.41, 5.74) is 1.66. The molecular weight excluding hydrogens is 242 g/mol. The Labute approximate surface area is 111 Å². The van der Waals surface area contributed by atoms with Crippen LogP contribution in [0, 0.1) is 6.92 Å². The highest BCUT2D eigenvalue weighted by Gasteiger charge is 2.05. The molecule has 0 saturated heterocycles. The molecule has 2 N–H and O–H groups in total. The van der Waals surface area contributed by atoms with E-state index in [1.54, 1.807) is 36.3 Å². The minimum absolute atomic E-state index is 0.126. The van der Waals surface area contributed by atoms with Crippen LogP contribution in [0.25, 0.3) is 0 Å². The predicted molar refractivity (Wildman–Crippen MR) is 73.1 cm³/mol. The monoisotopic (exact) mass is 259 g/mol. The van der Waals surface area contributed by atoms with Gasteiger partial charge in [0.25, 0.3) is 5.91 Å². The molecule has 0 aliphatic carbocycles. The summed E-state index contributed by atoms with van der Waals surface area (Å²) < 4.78 is 1.80. The van der Waals surface area contributed by atoms with Crippen LogP contribution in [0.5, 0.6) is 0 Å². The number of nitrogens with zero attached hydrogens (tertiary/aromatic N) is 3. The normalized spacial score (nSPS) is 10.2. The number of aryl methyl sites for hydroxylation is 1. The van der Waals surface area contributed by atoms with E-state index in [9.17, 15) is 4.79 Å². The van der Waals surface area contributed by atoms with Crippen molar-refractivity contribution in [2.45, 2.75) is 13.5 Å². The molecule has 2 heterocycles. The molecule has 1 amide bonds. The summed E-state index contributed by atoms with van der Waals surface area (Å²) in [6, 6.07) is 3.51. The van der Waals surface area contributed by atoms with Gasteiger partial charge >= 0.3 is 0 Å². The van der Waals surface area contributed by atoms with Gasteiger partial charge in [0.2, 0.25) is 0 Å². The third kappa shape index (κ3) is 3.54. The Bertz CT molecular complexity index is 546. The lowest BCUT2D eigenvalue weighted by Gasteiger charge is -2.06. The van der Waals surface area contributed by atoms with E-state index < -0.39 is 0 Å². The van der Waals surface area contributed by atoms with Crippen molar-refractivity contribution in [2.75, 3.05) is 18.9 Å². The highest BCUT2D eigenvalue weighted by molar-refractivity contribution is 5.93. The molecule has 100 valence electrons. The Morgan fingerprint density at radius 2 is 2.21 bits per heavy atom. The molecular formula is C13H17N5O. The Morgan fingerprint density at radius 1 is 1.37 bits per heavy atom. The average Bonchev–Trinajstić information content (AvgIpc) is 2.84. The van der Waals surface area contributed by atoms with Crippen molar-refractivity contribution in [3.63, 3.8) is 0 Å². The summed E-state index contributed by atoms with van der Waals surface area (Å²) in [6.07, 6.45) is 5.29. The van der Waals surface area contributed by atoms with E-state index in [-0.39, 0.29) is 5.91 Å². The topological polar surface area (TPSA) is 71.8 Å². The van der Waals surface area contributed by atoms with E-state index in [1.165, 1.54) is 0 Å². The number of hydrogen-bond donors (Lipinski definition) is 2. The van der Waals surface area contributed by atoms with Crippen LogP contribution in [0.4, 0.5) is 5.82 Å².